The van der Waals surface area contributed by atoms with E-state index in [0.29, 0.717) is 5.92 Å². The lowest BCUT2D eigenvalue weighted by Gasteiger charge is -2.18. The maximum atomic E-state index is 6.29. The van der Waals surface area contributed by atoms with Crippen LogP contribution in [0, 0.1) is 5.92 Å². The summed E-state index contributed by atoms with van der Waals surface area (Å²) in [5.41, 5.74) is 8.41. The number of hydrogen-bond acceptors (Lipinski definition) is 3. The number of aromatic nitrogens is 3. The van der Waals surface area contributed by atoms with Gasteiger partial charge in [0.05, 0.1) is 23.9 Å². The van der Waals surface area contributed by atoms with Gasteiger partial charge in [-0.3, -0.25) is 4.98 Å². The number of nitrogens with zero attached hydrogens (tertiary/aromatic N) is 3. The number of rotatable bonds is 3. The van der Waals surface area contributed by atoms with Gasteiger partial charge in [-0.15, -0.1) is 0 Å². The van der Waals surface area contributed by atoms with Crippen molar-refractivity contribution in [2.45, 2.75) is 19.9 Å². The topological polar surface area (TPSA) is 56.7 Å². The van der Waals surface area contributed by atoms with Gasteiger partial charge in [0.2, 0.25) is 0 Å². The van der Waals surface area contributed by atoms with Gasteiger partial charge in [-0.25, -0.2) is 4.98 Å². The van der Waals surface area contributed by atoms with E-state index in [4.69, 9.17) is 5.73 Å². The van der Waals surface area contributed by atoms with Gasteiger partial charge in [-0.2, -0.15) is 0 Å². The molecule has 0 bridgehead atoms. The van der Waals surface area contributed by atoms with Crippen LogP contribution in [-0.2, 0) is 0 Å². The van der Waals surface area contributed by atoms with Crippen molar-refractivity contribution in [3.05, 3.63) is 54.9 Å². The van der Waals surface area contributed by atoms with Crippen molar-refractivity contribution >= 4 is 10.8 Å². The Morgan fingerprint density at radius 3 is 2.75 bits per heavy atom. The summed E-state index contributed by atoms with van der Waals surface area (Å²) in [6.07, 6.45) is 7.36. The van der Waals surface area contributed by atoms with E-state index >= 15 is 0 Å². The molecule has 0 spiro atoms. The zero-order chi connectivity index (χ0) is 14.1. The summed E-state index contributed by atoms with van der Waals surface area (Å²) in [7, 11) is 0. The first kappa shape index (κ1) is 12.8. The Labute approximate surface area is 118 Å². The van der Waals surface area contributed by atoms with Crippen LogP contribution in [0.2, 0.25) is 0 Å². The molecule has 4 heteroatoms. The molecule has 0 aliphatic carbocycles. The molecule has 0 aliphatic rings. The zero-order valence-corrected chi connectivity index (χ0v) is 11.7. The maximum Gasteiger partial charge on any atom is 0.0994 e. The normalized spacial score (nSPS) is 13.0. The first-order chi connectivity index (χ1) is 9.68. The lowest BCUT2D eigenvalue weighted by molar-refractivity contribution is 0.497. The summed E-state index contributed by atoms with van der Waals surface area (Å²) < 4.78 is 2.08. The highest BCUT2D eigenvalue weighted by molar-refractivity contribution is 5.89. The highest BCUT2D eigenvalue weighted by Gasteiger charge is 2.16. The van der Waals surface area contributed by atoms with E-state index in [0.717, 1.165) is 22.2 Å². The number of benzene rings is 1. The third kappa shape index (κ3) is 2.08. The largest absolute Gasteiger partial charge is 0.322 e. The number of hydrogen-bond donors (Lipinski definition) is 1. The first-order valence-corrected chi connectivity index (χ1v) is 6.79. The van der Waals surface area contributed by atoms with Gasteiger partial charge in [0, 0.05) is 29.2 Å². The fourth-order valence-electron chi connectivity index (χ4n) is 2.41. The third-order valence-corrected chi connectivity index (χ3v) is 3.64. The fraction of sp³-hybridized carbons (Fsp3) is 0.250. The van der Waals surface area contributed by atoms with Crippen LogP contribution in [0.25, 0.3) is 16.5 Å². The molecule has 0 saturated carbocycles. The summed E-state index contributed by atoms with van der Waals surface area (Å²) in [4.78, 5) is 8.45. The van der Waals surface area contributed by atoms with Crippen LogP contribution in [0.3, 0.4) is 0 Å². The Kier molecular flexibility index (Phi) is 3.24. The molecule has 0 amide bonds. The van der Waals surface area contributed by atoms with Crippen molar-refractivity contribution in [1.82, 2.24) is 14.5 Å². The molecule has 20 heavy (non-hydrogen) atoms. The van der Waals surface area contributed by atoms with Gasteiger partial charge in [0.15, 0.2) is 0 Å². The Morgan fingerprint density at radius 1 is 1.10 bits per heavy atom. The van der Waals surface area contributed by atoms with Crippen LogP contribution >= 0.6 is 0 Å². The zero-order valence-electron chi connectivity index (χ0n) is 11.7. The van der Waals surface area contributed by atoms with Crippen molar-refractivity contribution in [3.8, 4) is 5.69 Å². The summed E-state index contributed by atoms with van der Waals surface area (Å²) in [6, 6.07) is 8.17. The highest BCUT2D eigenvalue weighted by Crippen LogP contribution is 2.26. The van der Waals surface area contributed by atoms with Gasteiger partial charge >= 0.3 is 0 Å². The van der Waals surface area contributed by atoms with Gasteiger partial charge < -0.3 is 10.3 Å². The molecule has 2 aromatic heterocycles. The molecular formula is C16H18N4. The maximum absolute atomic E-state index is 6.29. The molecule has 102 valence electrons. The highest BCUT2D eigenvalue weighted by atomic mass is 15.1. The average molecular weight is 266 g/mol. The van der Waals surface area contributed by atoms with Crippen LogP contribution in [0.5, 0.6) is 0 Å². The summed E-state index contributed by atoms with van der Waals surface area (Å²) in [5, 5.41) is 2.26. The second-order valence-electron chi connectivity index (χ2n) is 5.33. The van der Waals surface area contributed by atoms with Crippen LogP contribution in [-0.4, -0.2) is 14.5 Å². The number of pyridine rings is 1. The van der Waals surface area contributed by atoms with Crippen LogP contribution in [0.1, 0.15) is 25.6 Å². The second kappa shape index (κ2) is 5.06. The van der Waals surface area contributed by atoms with Crippen molar-refractivity contribution in [2.24, 2.45) is 11.7 Å². The van der Waals surface area contributed by atoms with Crippen molar-refractivity contribution < 1.29 is 0 Å². The predicted molar refractivity (Wildman–Crippen MR) is 80.6 cm³/mol. The summed E-state index contributed by atoms with van der Waals surface area (Å²) in [5.74, 6) is 0.363. The molecule has 1 atom stereocenters. The minimum absolute atomic E-state index is 0.0328. The number of nitrogens with two attached hydrogens (primary N) is 1. The lowest BCUT2D eigenvalue weighted by atomic mass is 10.0. The van der Waals surface area contributed by atoms with Crippen LogP contribution in [0.4, 0.5) is 0 Å². The van der Waals surface area contributed by atoms with Gasteiger partial charge in [0.25, 0.3) is 0 Å². The monoisotopic (exact) mass is 266 g/mol. The minimum Gasteiger partial charge on any atom is -0.322 e. The molecule has 2 N–H and O–H groups in total. The smallest absolute Gasteiger partial charge is 0.0994 e. The fourth-order valence-corrected chi connectivity index (χ4v) is 2.41. The minimum atomic E-state index is -0.0328. The standard InChI is InChI=1S/C16H18N4/c1-11(2)16(17)15-9-19-10-20(15)14-5-3-4-12-8-18-7-6-13(12)14/h3-11,16H,17H2,1-2H3. The SMILES string of the molecule is CC(C)C(N)c1cncn1-c1cccc2cnccc12. The third-order valence-electron chi connectivity index (χ3n) is 3.64. The van der Waals surface area contributed by atoms with Gasteiger partial charge in [0.1, 0.15) is 0 Å². The van der Waals surface area contributed by atoms with Crippen molar-refractivity contribution in [3.63, 3.8) is 0 Å². The molecular weight excluding hydrogens is 248 g/mol. The molecule has 0 saturated heterocycles. The lowest BCUT2D eigenvalue weighted by Crippen LogP contribution is -2.19. The second-order valence-corrected chi connectivity index (χ2v) is 5.33. The van der Waals surface area contributed by atoms with E-state index in [2.05, 4.69) is 40.5 Å². The van der Waals surface area contributed by atoms with E-state index in [-0.39, 0.29) is 6.04 Å². The quantitative estimate of drug-likeness (QED) is 0.792. The molecule has 0 aliphatic heterocycles. The van der Waals surface area contributed by atoms with Gasteiger partial charge in [-0.05, 0) is 18.1 Å². The number of fused-ring (bicyclic) bond motifs is 1. The Bertz CT molecular complexity index is 725. The average Bonchev–Trinajstić information content (AvgIpc) is 2.94. The predicted octanol–water partition coefficient (Wildman–Crippen LogP) is 3.08. The molecule has 2 heterocycles. The summed E-state index contributed by atoms with van der Waals surface area (Å²) in [6.45, 7) is 4.24. The molecule has 4 nitrogen and oxygen atoms in total. The van der Waals surface area contributed by atoms with Crippen LogP contribution < -0.4 is 5.73 Å². The molecule has 1 aromatic carbocycles. The van der Waals surface area contributed by atoms with E-state index in [9.17, 15) is 0 Å². The molecule has 3 rings (SSSR count). The Morgan fingerprint density at radius 2 is 1.95 bits per heavy atom. The van der Waals surface area contributed by atoms with E-state index < -0.39 is 0 Å². The first-order valence-electron chi connectivity index (χ1n) is 6.79. The Hall–Kier alpha value is -2.20. The van der Waals surface area contributed by atoms with Gasteiger partial charge in [-0.1, -0.05) is 26.0 Å². The summed E-state index contributed by atoms with van der Waals surface area (Å²) >= 11 is 0. The Balaban J connectivity index is 2.20. The number of imidazole rings is 1. The molecule has 0 fully saturated rings. The van der Waals surface area contributed by atoms with Crippen molar-refractivity contribution in [1.29, 1.82) is 0 Å². The molecule has 1 unspecified atom stereocenters. The van der Waals surface area contributed by atoms with E-state index in [1.807, 2.05) is 37.1 Å². The van der Waals surface area contributed by atoms with E-state index in [1.165, 1.54) is 0 Å². The molecule has 0 radical (unpaired) electrons. The molecule has 3 aromatic rings. The van der Waals surface area contributed by atoms with Crippen molar-refractivity contribution in [2.75, 3.05) is 0 Å². The van der Waals surface area contributed by atoms with Crippen LogP contribution in [0.15, 0.2) is 49.2 Å². The van der Waals surface area contributed by atoms with E-state index in [1.54, 1.807) is 0 Å².